The minimum Gasteiger partial charge on any atom is -0.396 e. The molecule has 0 aromatic carbocycles. The van der Waals surface area contributed by atoms with Crippen molar-refractivity contribution < 1.29 is 9.90 Å². The van der Waals surface area contributed by atoms with Crippen LogP contribution in [0.25, 0.3) is 0 Å². The SMILES string of the molecule is CC(C)(C)C(N)C(=O)NCC1(CCO)CC1. The minimum absolute atomic E-state index is 0.0864. The zero-order valence-electron chi connectivity index (χ0n) is 10.5. The molecule has 4 nitrogen and oxygen atoms in total. The Bertz CT molecular complexity index is 254. The van der Waals surface area contributed by atoms with E-state index in [2.05, 4.69) is 5.32 Å². The van der Waals surface area contributed by atoms with Gasteiger partial charge in [-0.15, -0.1) is 0 Å². The van der Waals surface area contributed by atoms with Crippen LogP contribution in [0, 0.1) is 10.8 Å². The average Bonchev–Trinajstić information content (AvgIpc) is 2.93. The van der Waals surface area contributed by atoms with Crippen molar-refractivity contribution in [2.24, 2.45) is 16.6 Å². The second-order valence-electron chi connectivity index (χ2n) is 6.04. The number of hydrogen-bond donors (Lipinski definition) is 3. The van der Waals surface area contributed by atoms with E-state index in [1.54, 1.807) is 0 Å². The van der Waals surface area contributed by atoms with Crippen LogP contribution in [-0.2, 0) is 4.79 Å². The average molecular weight is 228 g/mol. The highest BCUT2D eigenvalue weighted by Crippen LogP contribution is 2.47. The molecule has 16 heavy (non-hydrogen) atoms. The summed E-state index contributed by atoms with van der Waals surface area (Å²) in [5, 5.41) is 11.8. The topological polar surface area (TPSA) is 75.4 Å². The Kier molecular flexibility index (Phi) is 3.97. The highest BCUT2D eigenvalue weighted by atomic mass is 16.3. The summed E-state index contributed by atoms with van der Waals surface area (Å²) in [6.07, 6.45) is 2.97. The van der Waals surface area contributed by atoms with Gasteiger partial charge in [0.15, 0.2) is 0 Å². The molecule has 0 aliphatic heterocycles. The molecule has 1 amide bonds. The molecular formula is C12H24N2O2. The second kappa shape index (κ2) is 4.72. The molecule has 1 rings (SSSR count). The lowest BCUT2D eigenvalue weighted by molar-refractivity contribution is -0.124. The fourth-order valence-corrected chi connectivity index (χ4v) is 1.71. The van der Waals surface area contributed by atoms with Crippen LogP contribution in [0.4, 0.5) is 0 Å². The molecule has 94 valence electrons. The van der Waals surface area contributed by atoms with E-state index in [0.29, 0.717) is 6.54 Å². The molecule has 1 unspecified atom stereocenters. The van der Waals surface area contributed by atoms with Gasteiger partial charge in [0.1, 0.15) is 0 Å². The predicted octanol–water partition coefficient (Wildman–Crippen LogP) is 0.639. The Hall–Kier alpha value is -0.610. The van der Waals surface area contributed by atoms with Crippen molar-refractivity contribution in [1.82, 2.24) is 5.32 Å². The first-order valence-corrected chi connectivity index (χ1v) is 5.95. The van der Waals surface area contributed by atoms with Crippen molar-refractivity contribution in [2.45, 2.75) is 46.1 Å². The summed E-state index contributed by atoms with van der Waals surface area (Å²) in [5.41, 5.74) is 5.80. The normalized spacial score (nSPS) is 20.3. The zero-order chi connectivity index (χ0) is 12.4. The molecule has 0 bridgehead atoms. The largest absolute Gasteiger partial charge is 0.396 e. The highest BCUT2D eigenvalue weighted by molar-refractivity contribution is 5.82. The summed E-state index contributed by atoms with van der Waals surface area (Å²) >= 11 is 0. The Morgan fingerprint density at radius 1 is 1.50 bits per heavy atom. The summed E-state index contributed by atoms with van der Waals surface area (Å²) in [6.45, 7) is 6.71. The third kappa shape index (κ3) is 3.46. The van der Waals surface area contributed by atoms with Gasteiger partial charge in [-0.2, -0.15) is 0 Å². The number of aliphatic hydroxyl groups excluding tert-OH is 1. The van der Waals surface area contributed by atoms with Crippen LogP contribution in [0.5, 0.6) is 0 Å². The van der Waals surface area contributed by atoms with E-state index in [9.17, 15) is 4.79 Å². The van der Waals surface area contributed by atoms with Gasteiger partial charge in [-0.3, -0.25) is 4.79 Å². The monoisotopic (exact) mass is 228 g/mol. The molecule has 4 heteroatoms. The van der Waals surface area contributed by atoms with Crippen LogP contribution in [0.2, 0.25) is 0 Å². The summed E-state index contributed by atoms with van der Waals surface area (Å²) < 4.78 is 0. The highest BCUT2D eigenvalue weighted by Gasteiger charge is 2.42. The summed E-state index contributed by atoms with van der Waals surface area (Å²) in [7, 11) is 0. The summed E-state index contributed by atoms with van der Waals surface area (Å²) in [5.74, 6) is -0.0864. The number of nitrogens with two attached hydrogens (primary N) is 1. The number of hydrogen-bond acceptors (Lipinski definition) is 3. The molecule has 0 radical (unpaired) electrons. The van der Waals surface area contributed by atoms with E-state index in [1.807, 2.05) is 20.8 Å². The number of carbonyl (C=O) groups is 1. The van der Waals surface area contributed by atoms with E-state index < -0.39 is 6.04 Å². The Morgan fingerprint density at radius 2 is 2.06 bits per heavy atom. The van der Waals surface area contributed by atoms with Crippen molar-refractivity contribution >= 4 is 5.91 Å². The van der Waals surface area contributed by atoms with Gasteiger partial charge < -0.3 is 16.2 Å². The second-order valence-corrected chi connectivity index (χ2v) is 6.04. The van der Waals surface area contributed by atoms with Crippen molar-refractivity contribution in [2.75, 3.05) is 13.2 Å². The zero-order valence-corrected chi connectivity index (χ0v) is 10.5. The third-order valence-electron chi connectivity index (χ3n) is 3.45. The van der Waals surface area contributed by atoms with E-state index >= 15 is 0 Å². The van der Waals surface area contributed by atoms with Crippen LogP contribution < -0.4 is 11.1 Å². The molecule has 0 aromatic heterocycles. The fourth-order valence-electron chi connectivity index (χ4n) is 1.71. The molecule has 1 aliphatic carbocycles. The van der Waals surface area contributed by atoms with Gasteiger partial charge in [0.25, 0.3) is 0 Å². The number of carbonyl (C=O) groups excluding carboxylic acids is 1. The van der Waals surface area contributed by atoms with E-state index in [4.69, 9.17) is 10.8 Å². The molecule has 4 N–H and O–H groups in total. The number of nitrogens with one attached hydrogen (secondary N) is 1. The quantitative estimate of drug-likeness (QED) is 0.646. The summed E-state index contributed by atoms with van der Waals surface area (Å²) in [4.78, 5) is 11.8. The van der Waals surface area contributed by atoms with E-state index in [1.165, 1.54) is 0 Å². The smallest absolute Gasteiger partial charge is 0.237 e. The maximum atomic E-state index is 11.8. The van der Waals surface area contributed by atoms with Gasteiger partial charge >= 0.3 is 0 Å². The lowest BCUT2D eigenvalue weighted by Crippen LogP contribution is -2.49. The number of aliphatic hydroxyl groups is 1. The molecule has 0 spiro atoms. The Morgan fingerprint density at radius 3 is 2.44 bits per heavy atom. The van der Waals surface area contributed by atoms with Gasteiger partial charge in [0.05, 0.1) is 6.04 Å². The van der Waals surface area contributed by atoms with Gasteiger partial charge in [-0.1, -0.05) is 20.8 Å². The van der Waals surface area contributed by atoms with E-state index in [-0.39, 0.29) is 23.3 Å². The molecule has 1 aliphatic rings. The first-order valence-electron chi connectivity index (χ1n) is 5.95. The fraction of sp³-hybridized carbons (Fsp3) is 0.917. The molecular weight excluding hydrogens is 204 g/mol. The molecule has 1 fully saturated rings. The number of amides is 1. The van der Waals surface area contributed by atoms with E-state index in [0.717, 1.165) is 19.3 Å². The molecule has 1 atom stereocenters. The maximum absolute atomic E-state index is 11.8. The van der Waals surface area contributed by atoms with Crippen LogP contribution in [0.1, 0.15) is 40.0 Å². The van der Waals surface area contributed by atoms with Crippen molar-refractivity contribution in [3.8, 4) is 0 Å². The van der Waals surface area contributed by atoms with Crippen molar-refractivity contribution in [1.29, 1.82) is 0 Å². The van der Waals surface area contributed by atoms with Crippen LogP contribution >= 0.6 is 0 Å². The third-order valence-corrected chi connectivity index (χ3v) is 3.45. The first-order chi connectivity index (χ1) is 7.31. The van der Waals surface area contributed by atoms with Gasteiger partial charge in [-0.05, 0) is 30.1 Å². The van der Waals surface area contributed by atoms with Crippen molar-refractivity contribution in [3.05, 3.63) is 0 Å². The van der Waals surface area contributed by atoms with Crippen LogP contribution in [0.3, 0.4) is 0 Å². The number of rotatable bonds is 5. The van der Waals surface area contributed by atoms with Crippen LogP contribution in [0.15, 0.2) is 0 Å². The summed E-state index contributed by atoms with van der Waals surface area (Å²) in [6, 6.07) is -0.475. The molecule has 0 aromatic rings. The van der Waals surface area contributed by atoms with Crippen molar-refractivity contribution in [3.63, 3.8) is 0 Å². The lowest BCUT2D eigenvalue weighted by atomic mass is 9.87. The molecule has 0 heterocycles. The maximum Gasteiger partial charge on any atom is 0.237 e. The van der Waals surface area contributed by atoms with Gasteiger partial charge in [0, 0.05) is 13.2 Å². The van der Waals surface area contributed by atoms with Gasteiger partial charge in [-0.25, -0.2) is 0 Å². The standard InChI is InChI=1S/C12H24N2O2/c1-11(2,3)9(13)10(16)14-8-12(4-5-12)6-7-15/h9,15H,4-8,13H2,1-3H3,(H,14,16). The molecule has 1 saturated carbocycles. The molecule has 0 saturated heterocycles. The lowest BCUT2D eigenvalue weighted by Gasteiger charge is -2.26. The Balaban J connectivity index is 2.36. The Labute approximate surface area is 97.6 Å². The minimum atomic E-state index is -0.475. The van der Waals surface area contributed by atoms with Crippen LogP contribution in [-0.4, -0.2) is 30.2 Å². The van der Waals surface area contributed by atoms with Gasteiger partial charge in [0.2, 0.25) is 5.91 Å². The predicted molar refractivity (Wildman–Crippen MR) is 63.8 cm³/mol. The first kappa shape index (κ1) is 13.5.